The van der Waals surface area contributed by atoms with E-state index in [4.69, 9.17) is 4.74 Å². The molecule has 26 heavy (non-hydrogen) atoms. The lowest BCUT2D eigenvalue weighted by Crippen LogP contribution is -2.50. The molecule has 1 unspecified atom stereocenters. The Balaban J connectivity index is 1.53. The van der Waals surface area contributed by atoms with Gasteiger partial charge in [-0.25, -0.2) is 0 Å². The largest absolute Gasteiger partial charge is 0.496 e. The quantitative estimate of drug-likeness (QED) is 0.767. The van der Waals surface area contributed by atoms with E-state index < -0.39 is 0 Å². The van der Waals surface area contributed by atoms with E-state index >= 15 is 0 Å². The van der Waals surface area contributed by atoms with Crippen molar-refractivity contribution < 1.29 is 14.3 Å². The lowest BCUT2D eigenvalue weighted by Gasteiger charge is -2.35. The van der Waals surface area contributed by atoms with Crippen molar-refractivity contribution in [3.8, 4) is 5.75 Å². The first kappa shape index (κ1) is 18.7. The number of benzene rings is 1. The van der Waals surface area contributed by atoms with Gasteiger partial charge in [0.05, 0.1) is 13.0 Å². The van der Waals surface area contributed by atoms with E-state index in [0.717, 1.165) is 50.5 Å². The van der Waals surface area contributed by atoms with Crippen molar-refractivity contribution in [1.29, 1.82) is 0 Å². The highest BCUT2D eigenvalue weighted by atomic mass is 16.5. The molecule has 0 bridgehead atoms. The van der Waals surface area contributed by atoms with Gasteiger partial charge in [-0.1, -0.05) is 25.1 Å². The molecule has 2 aliphatic rings. The van der Waals surface area contributed by atoms with Gasteiger partial charge in [-0.2, -0.15) is 0 Å². The Bertz CT molecular complexity index is 641. The Labute approximate surface area is 155 Å². The van der Waals surface area contributed by atoms with Gasteiger partial charge in [0.15, 0.2) is 0 Å². The number of hydrogen-bond donors (Lipinski definition) is 0. The molecule has 1 aromatic carbocycles. The summed E-state index contributed by atoms with van der Waals surface area (Å²) >= 11 is 0. The summed E-state index contributed by atoms with van der Waals surface area (Å²) in [5, 5.41) is 0. The molecule has 0 radical (unpaired) electrons. The van der Waals surface area contributed by atoms with Gasteiger partial charge < -0.3 is 19.4 Å². The standard InChI is InChI=1S/C20H29N3O3/c1-3-21-10-12-22(13-11-21)20(25)17-14-19(24)23(15-17)9-8-16-6-4-5-7-18(16)26-2/h4-7,17H,3,8-15H2,1-2H3. The number of nitrogens with zero attached hydrogens (tertiary/aromatic N) is 3. The first-order chi connectivity index (χ1) is 12.6. The van der Waals surface area contributed by atoms with Crippen LogP contribution in [0.4, 0.5) is 0 Å². The number of para-hydroxylation sites is 1. The number of carbonyl (C=O) groups is 2. The van der Waals surface area contributed by atoms with Crippen molar-refractivity contribution in [2.45, 2.75) is 19.8 Å². The van der Waals surface area contributed by atoms with Crippen LogP contribution in [0, 0.1) is 5.92 Å². The van der Waals surface area contributed by atoms with Gasteiger partial charge in [-0.3, -0.25) is 9.59 Å². The van der Waals surface area contributed by atoms with Gasteiger partial charge in [0.1, 0.15) is 5.75 Å². The molecule has 2 heterocycles. The molecule has 0 aromatic heterocycles. The Morgan fingerprint density at radius 2 is 1.92 bits per heavy atom. The van der Waals surface area contributed by atoms with Crippen LogP contribution in [0.3, 0.4) is 0 Å². The molecule has 1 atom stereocenters. The lowest BCUT2D eigenvalue weighted by atomic mass is 10.1. The highest BCUT2D eigenvalue weighted by molar-refractivity contribution is 5.89. The summed E-state index contributed by atoms with van der Waals surface area (Å²) in [7, 11) is 1.66. The van der Waals surface area contributed by atoms with Crippen LogP contribution in [0.5, 0.6) is 5.75 Å². The smallest absolute Gasteiger partial charge is 0.228 e. The predicted octanol–water partition coefficient (Wildman–Crippen LogP) is 1.25. The fraction of sp³-hybridized carbons (Fsp3) is 0.600. The fourth-order valence-corrected chi connectivity index (χ4v) is 3.86. The third-order valence-corrected chi connectivity index (χ3v) is 5.54. The molecule has 6 heteroatoms. The van der Waals surface area contributed by atoms with Crippen LogP contribution in [0.2, 0.25) is 0 Å². The highest BCUT2D eigenvalue weighted by Gasteiger charge is 2.36. The zero-order valence-corrected chi connectivity index (χ0v) is 15.8. The van der Waals surface area contributed by atoms with Crippen LogP contribution in [-0.4, -0.2) is 79.4 Å². The van der Waals surface area contributed by atoms with Crippen LogP contribution < -0.4 is 4.74 Å². The molecule has 0 N–H and O–H groups in total. The average molecular weight is 359 g/mol. The van der Waals surface area contributed by atoms with Crippen LogP contribution in [0.1, 0.15) is 18.9 Å². The maximum absolute atomic E-state index is 12.8. The second kappa shape index (κ2) is 8.54. The fourth-order valence-electron chi connectivity index (χ4n) is 3.86. The molecule has 1 aromatic rings. The van der Waals surface area contributed by atoms with Crippen LogP contribution in [0.15, 0.2) is 24.3 Å². The molecule has 3 rings (SSSR count). The van der Waals surface area contributed by atoms with Crippen LogP contribution in [0.25, 0.3) is 0 Å². The van der Waals surface area contributed by atoms with Crippen LogP contribution in [-0.2, 0) is 16.0 Å². The second-order valence-corrected chi connectivity index (χ2v) is 7.06. The number of methoxy groups -OCH3 is 1. The van der Waals surface area contributed by atoms with Gasteiger partial charge >= 0.3 is 0 Å². The minimum atomic E-state index is -0.187. The third kappa shape index (κ3) is 4.18. The number of likely N-dealkylation sites (N-methyl/N-ethyl adjacent to an activating group) is 1. The summed E-state index contributed by atoms with van der Waals surface area (Å²) in [6.07, 6.45) is 1.09. The van der Waals surface area contributed by atoms with Gasteiger partial charge in [0, 0.05) is 45.7 Å². The summed E-state index contributed by atoms with van der Waals surface area (Å²) in [6, 6.07) is 7.88. The van der Waals surface area contributed by atoms with Crippen molar-refractivity contribution in [1.82, 2.24) is 14.7 Å². The number of rotatable bonds is 6. The summed E-state index contributed by atoms with van der Waals surface area (Å²) in [5.74, 6) is 0.897. The van der Waals surface area contributed by atoms with E-state index in [1.165, 1.54) is 0 Å². The molecular formula is C20H29N3O3. The van der Waals surface area contributed by atoms with Gasteiger partial charge in [0.25, 0.3) is 0 Å². The SMILES string of the molecule is CCN1CCN(C(=O)C2CC(=O)N(CCc3ccccc3OC)C2)CC1. The molecule has 0 spiro atoms. The first-order valence-electron chi connectivity index (χ1n) is 9.53. The van der Waals surface area contributed by atoms with Gasteiger partial charge in [0.2, 0.25) is 11.8 Å². The molecule has 2 amide bonds. The van der Waals surface area contributed by atoms with Crippen molar-refractivity contribution >= 4 is 11.8 Å². The Morgan fingerprint density at radius 1 is 1.19 bits per heavy atom. The zero-order valence-electron chi connectivity index (χ0n) is 15.8. The molecule has 2 fully saturated rings. The van der Waals surface area contributed by atoms with E-state index in [1.807, 2.05) is 34.1 Å². The second-order valence-electron chi connectivity index (χ2n) is 7.06. The van der Waals surface area contributed by atoms with Crippen molar-refractivity contribution in [2.24, 2.45) is 5.92 Å². The average Bonchev–Trinajstić information content (AvgIpc) is 3.06. The minimum Gasteiger partial charge on any atom is -0.496 e. The monoisotopic (exact) mass is 359 g/mol. The zero-order chi connectivity index (χ0) is 18.5. The molecule has 6 nitrogen and oxygen atoms in total. The van der Waals surface area contributed by atoms with Crippen LogP contribution >= 0.6 is 0 Å². The maximum Gasteiger partial charge on any atom is 0.228 e. The van der Waals surface area contributed by atoms with Crippen molar-refractivity contribution in [2.75, 3.05) is 52.9 Å². The molecule has 0 saturated carbocycles. The molecule has 142 valence electrons. The van der Waals surface area contributed by atoms with E-state index in [9.17, 15) is 9.59 Å². The Hall–Kier alpha value is -2.08. The first-order valence-corrected chi connectivity index (χ1v) is 9.53. The number of amides is 2. The normalized spacial score (nSPS) is 21.3. The van der Waals surface area contributed by atoms with E-state index in [1.54, 1.807) is 7.11 Å². The predicted molar refractivity (Wildman–Crippen MR) is 100 cm³/mol. The summed E-state index contributed by atoms with van der Waals surface area (Å²) in [4.78, 5) is 31.3. The summed E-state index contributed by atoms with van der Waals surface area (Å²) in [6.45, 7) is 7.76. The number of piperazine rings is 1. The van der Waals surface area contributed by atoms with Gasteiger partial charge in [-0.05, 0) is 24.6 Å². The molecule has 0 aliphatic carbocycles. The summed E-state index contributed by atoms with van der Waals surface area (Å²) < 4.78 is 5.38. The van der Waals surface area contributed by atoms with Crippen molar-refractivity contribution in [3.63, 3.8) is 0 Å². The summed E-state index contributed by atoms with van der Waals surface area (Å²) in [5.41, 5.74) is 1.09. The van der Waals surface area contributed by atoms with Crippen molar-refractivity contribution in [3.05, 3.63) is 29.8 Å². The number of likely N-dealkylation sites (tertiary alicyclic amines) is 1. The topological polar surface area (TPSA) is 53.1 Å². The van der Waals surface area contributed by atoms with E-state index in [0.29, 0.717) is 19.5 Å². The highest BCUT2D eigenvalue weighted by Crippen LogP contribution is 2.23. The Kier molecular flexibility index (Phi) is 6.14. The number of hydrogen-bond acceptors (Lipinski definition) is 4. The lowest BCUT2D eigenvalue weighted by molar-refractivity contribution is -0.137. The number of carbonyl (C=O) groups excluding carboxylic acids is 2. The maximum atomic E-state index is 12.8. The minimum absolute atomic E-state index is 0.0884. The van der Waals surface area contributed by atoms with E-state index in [2.05, 4.69) is 11.8 Å². The third-order valence-electron chi connectivity index (χ3n) is 5.54. The van der Waals surface area contributed by atoms with E-state index in [-0.39, 0.29) is 17.7 Å². The Morgan fingerprint density at radius 3 is 2.62 bits per heavy atom. The number of ether oxygens (including phenoxy) is 1. The van der Waals surface area contributed by atoms with Gasteiger partial charge in [-0.15, -0.1) is 0 Å². The molecular weight excluding hydrogens is 330 g/mol. The molecule has 2 aliphatic heterocycles. The molecule has 2 saturated heterocycles.